The highest BCUT2D eigenvalue weighted by Gasteiger charge is 2.07. The van der Waals surface area contributed by atoms with Gasteiger partial charge in [-0.15, -0.1) is 0 Å². The third-order valence-electron chi connectivity index (χ3n) is 0.730. The molecule has 0 atom stereocenters. The Morgan fingerprint density at radius 3 is 2.00 bits per heavy atom. The SMILES string of the molecule is CCCNC(=O)C(=O)O.CNC. The maximum atomic E-state index is 10.2. The molecule has 0 bridgehead atoms. The smallest absolute Gasteiger partial charge is 0.394 e. The lowest BCUT2D eigenvalue weighted by Gasteiger charge is -1.95. The Bertz CT molecular complexity index is 137. The monoisotopic (exact) mass is 176 g/mol. The molecule has 0 heterocycles. The molecule has 0 aromatic carbocycles. The second kappa shape index (κ2) is 9.90. The molecule has 0 aromatic rings. The first-order valence-corrected chi connectivity index (χ1v) is 3.69. The summed E-state index contributed by atoms with van der Waals surface area (Å²) in [6, 6.07) is 0. The van der Waals surface area contributed by atoms with Crippen molar-refractivity contribution in [1.29, 1.82) is 0 Å². The molecule has 3 N–H and O–H groups in total. The molecule has 0 unspecified atom stereocenters. The van der Waals surface area contributed by atoms with Gasteiger partial charge in [-0.05, 0) is 20.5 Å². The number of amides is 1. The van der Waals surface area contributed by atoms with Gasteiger partial charge in [-0.25, -0.2) is 4.79 Å². The maximum Gasteiger partial charge on any atom is 0.394 e. The Balaban J connectivity index is 0. The zero-order chi connectivity index (χ0) is 9.98. The Morgan fingerprint density at radius 1 is 1.33 bits per heavy atom. The minimum Gasteiger partial charge on any atom is -0.474 e. The minimum absolute atomic E-state index is 0.422. The topological polar surface area (TPSA) is 78.4 Å². The van der Waals surface area contributed by atoms with E-state index in [0.29, 0.717) is 6.54 Å². The van der Waals surface area contributed by atoms with Gasteiger partial charge >= 0.3 is 11.9 Å². The summed E-state index contributed by atoms with van der Waals surface area (Å²) in [4.78, 5) is 20.0. The molecular formula is C7H16N2O3. The van der Waals surface area contributed by atoms with E-state index in [1.807, 2.05) is 21.0 Å². The van der Waals surface area contributed by atoms with Crippen LogP contribution in [0.4, 0.5) is 0 Å². The fourth-order valence-electron chi connectivity index (χ4n) is 0.314. The van der Waals surface area contributed by atoms with Crippen LogP contribution in [0.15, 0.2) is 0 Å². The Morgan fingerprint density at radius 2 is 1.75 bits per heavy atom. The summed E-state index contributed by atoms with van der Waals surface area (Å²) >= 11 is 0. The molecule has 0 saturated heterocycles. The minimum atomic E-state index is -1.43. The van der Waals surface area contributed by atoms with Crippen molar-refractivity contribution in [3.8, 4) is 0 Å². The number of carboxylic acids is 1. The number of hydrogen-bond donors (Lipinski definition) is 3. The van der Waals surface area contributed by atoms with Crippen LogP contribution < -0.4 is 10.6 Å². The van der Waals surface area contributed by atoms with Crippen molar-refractivity contribution in [2.45, 2.75) is 13.3 Å². The van der Waals surface area contributed by atoms with E-state index in [0.717, 1.165) is 6.42 Å². The average Bonchev–Trinajstić information content (AvgIpc) is 2.01. The first-order valence-electron chi connectivity index (χ1n) is 3.69. The number of carbonyl (C=O) groups excluding carboxylic acids is 1. The molecule has 5 heteroatoms. The van der Waals surface area contributed by atoms with Gasteiger partial charge in [0.1, 0.15) is 0 Å². The highest BCUT2D eigenvalue weighted by molar-refractivity contribution is 6.31. The predicted octanol–water partition coefficient (Wildman–Crippen LogP) is -0.567. The molecular weight excluding hydrogens is 160 g/mol. The Kier molecular flexibility index (Phi) is 11.1. The van der Waals surface area contributed by atoms with Crippen LogP contribution in [0.1, 0.15) is 13.3 Å². The second-order valence-electron chi connectivity index (χ2n) is 2.06. The fraction of sp³-hybridized carbons (Fsp3) is 0.714. The van der Waals surface area contributed by atoms with Gasteiger partial charge in [-0.1, -0.05) is 6.92 Å². The van der Waals surface area contributed by atoms with Crippen molar-refractivity contribution in [3.63, 3.8) is 0 Å². The Hall–Kier alpha value is -1.10. The summed E-state index contributed by atoms with van der Waals surface area (Å²) in [7, 11) is 3.75. The molecule has 1 amide bonds. The summed E-state index contributed by atoms with van der Waals surface area (Å²) in [5, 5.41) is 12.9. The van der Waals surface area contributed by atoms with Crippen LogP contribution in [0.5, 0.6) is 0 Å². The third kappa shape index (κ3) is 11.7. The molecule has 5 nitrogen and oxygen atoms in total. The van der Waals surface area contributed by atoms with E-state index in [1.165, 1.54) is 0 Å². The van der Waals surface area contributed by atoms with Crippen molar-refractivity contribution in [2.75, 3.05) is 20.6 Å². The van der Waals surface area contributed by atoms with Gasteiger partial charge in [-0.2, -0.15) is 0 Å². The quantitative estimate of drug-likeness (QED) is 0.492. The molecule has 0 fully saturated rings. The van der Waals surface area contributed by atoms with Crippen LogP contribution in [-0.2, 0) is 9.59 Å². The van der Waals surface area contributed by atoms with Crippen molar-refractivity contribution in [1.82, 2.24) is 10.6 Å². The standard InChI is InChI=1S/C5H9NO3.C2H7N/c1-2-3-6-4(7)5(8)9;1-3-2/h2-3H2,1H3,(H,6,7)(H,8,9);3H,1-2H3. The van der Waals surface area contributed by atoms with E-state index in [2.05, 4.69) is 10.6 Å². The lowest BCUT2D eigenvalue weighted by molar-refractivity contribution is -0.150. The van der Waals surface area contributed by atoms with Gasteiger partial charge < -0.3 is 15.7 Å². The molecule has 72 valence electrons. The molecule has 0 rings (SSSR count). The zero-order valence-corrected chi connectivity index (χ0v) is 7.68. The molecule has 0 aliphatic carbocycles. The average molecular weight is 176 g/mol. The third-order valence-corrected chi connectivity index (χ3v) is 0.730. The van der Waals surface area contributed by atoms with E-state index in [4.69, 9.17) is 5.11 Å². The molecule has 0 aliphatic rings. The van der Waals surface area contributed by atoms with Crippen LogP contribution in [0.3, 0.4) is 0 Å². The first kappa shape index (κ1) is 13.5. The summed E-state index contributed by atoms with van der Waals surface area (Å²) in [5.41, 5.74) is 0. The number of carbonyl (C=O) groups is 2. The van der Waals surface area contributed by atoms with Gasteiger partial charge in [0.25, 0.3) is 0 Å². The largest absolute Gasteiger partial charge is 0.474 e. The second-order valence-corrected chi connectivity index (χ2v) is 2.06. The number of hydrogen-bond acceptors (Lipinski definition) is 3. The number of carboxylic acid groups (broad SMARTS) is 1. The number of nitrogens with one attached hydrogen (secondary N) is 2. The summed E-state index contributed by atoms with van der Waals surface area (Å²) in [6.07, 6.45) is 0.749. The number of rotatable bonds is 2. The maximum absolute atomic E-state index is 10.2. The van der Waals surface area contributed by atoms with Gasteiger partial charge in [0.15, 0.2) is 0 Å². The van der Waals surface area contributed by atoms with Crippen LogP contribution >= 0.6 is 0 Å². The molecule has 0 radical (unpaired) electrons. The van der Waals surface area contributed by atoms with Gasteiger partial charge in [0, 0.05) is 6.54 Å². The van der Waals surface area contributed by atoms with E-state index >= 15 is 0 Å². The normalized spacial score (nSPS) is 7.92. The molecule has 0 saturated carbocycles. The predicted molar refractivity (Wildman–Crippen MR) is 45.9 cm³/mol. The van der Waals surface area contributed by atoms with Crippen molar-refractivity contribution < 1.29 is 14.7 Å². The lowest BCUT2D eigenvalue weighted by atomic mass is 10.5. The summed E-state index contributed by atoms with van der Waals surface area (Å²) in [5.74, 6) is -2.36. The van der Waals surface area contributed by atoms with Crippen molar-refractivity contribution >= 4 is 11.9 Å². The van der Waals surface area contributed by atoms with Gasteiger partial charge in [-0.3, -0.25) is 4.79 Å². The lowest BCUT2D eigenvalue weighted by Crippen LogP contribution is -2.30. The van der Waals surface area contributed by atoms with Crippen LogP contribution in [0, 0.1) is 0 Å². The van der Waals surface area contributed by atoms with E-state index in [9.17, 15) is 9.59 Å². The van der Waals surface area contributed by atoms with E-state index in [-0.39, 0.29) is 0 Å². The highest BCUT2D eigenvalue weighted by atomic mass is 16.4. The molecule has 12 heavy (non-hydrogen) atoms. The number of aliphatic carboxylic acids is 1. The first-order chi connectivity index (χ1) is 5.59. The van der Waals surface area contributed by atoms with Crippen molar-refractivity contribution in [3.05, 3.63) is 0 Å². The molecule has 0 aliphatic heterocycles. The van der Waals surface area contributed by atoms with Gasteiger partial charge in [0.05, 0.1) is 0 Å². The van der Waals surface area contributed by atoms with Crippen molar-refractivity contribution in [2.24, 2.45) is 0 Å². The fourth-order valence-corrected chi connectivity index (χ4v) is 0.314. The van der Waals surface area contributed by atoms with Crippen LogP contribution in [-0.4, -0.2) is 37.6 Å². The molecule has 0 aromatic heterocycles. The Labute approximate surface area is 72.2 Å². The highest BCUT2D eigenvalue weighted by Crippen LogP contribution is 1.70. The van der Waals surface area contributed by atoms with E-state index < -0.39 is 11.9 Å². The zero-order valence-electron chi connectivity index (χ0n) is 7.68. The van der Waals surface area contributed by atoms with Crippen LogP contribution in [0.2, 0.25) is 0 Å². The summed E-state index contributed by atoms with van der Waals surface area (Å²) in [6.45, 7) is 2.27. The van der Waals surface area contributed by atoms with Crippen LogP contribution in [0.25, 0.3) is 0 Å². The van der Waals surface area contributed by atoms with E-state index in [1.54, 1.807) is 0 Å². The summed E-state index contributed by atoms with van der Waals surface area (Å²) < 4.78 is 0. The van der Waals surface area contributed by atoms with Gasteiger partial charge in [0.2, 0.25) is 0 Å². The molecule has 0 spiro atoms.